The van der Waals surface area contributed by atoms with Gasteiger partial charge in [-0.15, -0.1) is 0 Å². The highest BCUT2D eigenvalue weighted by Gasteiger charge is 2.07. The lowest BCUT2D eigenvalue weighted by Crippen LogP contribution is -2.14. The number of amides is 1. The van der Waals surface area contributed by atoms with Crippen LogP contribution in [-0.4, -0.2) is 23.8 Å². The number of carboxylic acid groups (broad SMARTS) is 1. The molecule has 17 heavy (non-hydrogen) atoms. The SMILES string of the molecule is CCOC(=O)Nc1ccccc1CCC(=O)O. The van der Waals surface area contributed by atoms with E-state index in [1.165, 1.54) is 0 Å². The number of carbonyl (C=O) groups is 2. The topological polar surface area (TPSA) is 75.6 Å². The molecule has 0 aliphatic carbocycles. The maximum absolute atomic E-state index is 11.3. The highest BCUT2D eigenvalue weighted by atomic mass is 16.5. The predicted molar refractivity (Wildman–Crippen MR) is 63.0 cm³/mol. The number of aliphatic carboxylic acids is 1. The van der Waals surface area contributed by atoms with Crippen LogP contribution in [0, 0.1) is 0 Å². The van der Waals surface area contributed by atoms with Gasteiger partial charge >= 0.3 is 12.1 Å². The Balaban J connectivity index is 2.70. The molecular weight excluding hydrogens is 222 g/mol. The molecule has 1 aromatic rings. The van der Waals surface area contributed by atoms with Crippen LogP contribution in [0.5, 0.6) is 0 Å². The molecule has 1 amide bonds. The first kappa shape index (κ1) is 13.0. The van der Waals surface area contributed by atoms with Crippen molar-refractivity contribution in [1.29, 1.82) is 0 Å². The van der Waals surface area contributed by atoms with Crippen LogP contribution in [0.1, 0.15) is 18.9 Å². The van der Waals surface area contributed by atoms with Crippen LogP contribution in [0.4, 0.5) is 10.5 Å². The fourth-order valence-corrected chi connectivity index (χ4v) is 1.38. The summed E-state index contributed by atoms with van der Waals surface area (Å²) in [4.78, 5) is 21.7. The molecule has 0 radical (unpaired) electrons. The number of aryl methyl sites for hydroxylation is 1. The van der Waals surface area contributed by atoms with Crippen molar-refractivity contribution in [3.05, 3.63) is 29.8 Å². The van der Waals surface area contributed by atoms with E-state index >= 15 is 0 Å². The monoisotopic (exact) mass is 237 g/mol. The third-order valence-electron chi connectivity index (χ3n) is 2.14. The van der Waals surface area contributed by atoms with E-state index in [0.717, 1.165) is 5.56 Å². The van der Waals surface area contributed by atoms with Crippen molar-refractivity contribution in [2.75, 3.05) is 11.9 Å². The molecular formula is C12H15NO4. The molecule has 0 fully saturated rings. The Hall–Kier alpha value is -2.04. The van der Waals surface area contributed by atoms with Crippen molar-refractivity contribution in [2.24, 2.45) is 0 Å². The van der Waals surface area contributed by atoms with Crippen LogP contribution < -0.4 is 5.32 Å². The van der Waals surface area contributed by atoms with Gasteiger partial charge in [-0.2, -0.15) is 0 Å². The van der Waals surface area contributed by atoms with Crippen LogP contribution in [0.15, 0.2) is 24.3 Å². The summed E-state index contributed by atoms with van der Waals surface area (Å²) in [6.45, 7) is 2.01. The molecule has 92 valence electrons. The fourth-order valence-electron chi connectivity index (χ4n) is 1.38. The van der Waals surface area contributed by atoms with Gasteiger partial charge < -0.3 is 9.84 Å². The highest BCUT2D eigenvalue weighted by molar-refractivity contribution is 5.85. The summed E-state index contributed by atoms with van der Waals surface area (Å²) < 4.78 is 4.76. The second-order valence-corrected chi connectivity index (χ2v) is 3.40. The third-order valence-corrected chi connectivity index (χ3v) is 2.14. The van der Waals surface area contributed by atoms with E-state index < -0.39 is 12.1 Å². The summed E-state index contributed by atoms with van der Waals surface area (Å²) in [5, 5.41) is 11.2. The first-order valence-electron chi connectivity index (χ1n) is 5.37. The average Bonchev–Trinajstić information content (AvgIpc) is 2.28. The molecule has 1 aromatic carbocycles. The molecule has 0 bridgehead atoms. The van der Waals surface area contributed by atoms with Crippen molar-refractivity contribution < 1.29 is 19.4 Å². The Morgan fingerprint density at radius 3 is 2.71 bits per heavy atom. The average molecular weight is 237 g/mol. The first-order chi connectivity index (χ1) is 8.13. The Labute approximate surface area is 99.4 Å². The van der Waals surface area contributed by atoms with Crippen molar-refractivity contribution in [2.45, 2.75) is 19.8 Å². The van der Waals surface area contributed by atoms with Gasteiger partial charge in [-0.3, -0.25) is 10.1 Å². The smallest absolute Gasteiger partial charge is 0.411 e. The quantitative estimate of drug-likeness (QED) is 0.823. The summed E-state index contributed by atoms with van der Waals surface area (Å²) >= 11 is 0. The van der Waals surface area contributed by atoms with Crippen molar-refractivity contribution in [1.82, 2.24) is 0 Å². The molecule has 5 nitrogen and oxygen atoms in total. The largest absolute Gasteiger partial charge is 0.481 e. The van der Waals surface area contributed by atoms with Crippen molar-refractivity contribution in [3.63, 3.8) is 0 Å². The zero-order valence-electron chi connectivity index (χ0n) is 9.60. The zero-order valence-corrected chi connectivity index (χ0v) is 9.60. The minimum atomic E-state index is -0.865. The number of benzene rings is 1. The molecule has 0 aliphatic heterocycles. The number of nitrogens with one attached hydrogen (secondary N) is 1. The number of para-hydroxylation sites is 1. The van der Waals surface area contributed by atoms with Gasteiger partial charge in [-0.25, -0.2) is 4.79 Å². The Morgan fingerprint density at radius 1 is 1.35 bits per heavy atom. The summed E-state index contributed by atoms with van der Waals surface area (Å²) in [5.41, 5.74) is 1.37. The molecule has 0 saturated carbocycles. The van der Waals surface area contributed by atoms with Crippen LogP contribution in [-0.2, 0) is 16.0 Å². The van der Waals surface area contributed by atoms with Crippen LogP contribution in [0.2, 0.25) is 0 Å². The molecule has 0 spiro atoms. The van der Waals surface area contributed by atoms with Crippen molar-refractivity contribution >= 4 is 17.7 Å². The Morgan fingerprint density at radius 2 is 2.06 bits per heavy atom. The zero-order chi connectivity index (χ0) is 12.7. The maximum Gasteiger partial charge on any atom is 0.411 e. The normalized spacial score (nSPS) is 9.71. The van der Waals surface area contributed by atoms with E-state index in [9.17, 15) is 9.59 Å². The van der Waals surface area contributed by atoms with Crippen molar-refractivity contribution in [3.8, 4) is 0 Å². The van der Waals surface area contributed by atoms with Gasteiger partial charge in [0.15, 0.2) is 0 Å². The molecule has 0 aromatic heterocycles. The highest BCUT2D eigenvalue weighted by Crippen LogP contribution is 2.17. The molecule has 2 N–H and O–H groups in total. The minimum absolute atomic E-state index is 0.0293. The number of carboxylic acids is 1. The van der Waals surface area contributed by atoms with Crippen LogP contribution in [0.25, 0.3) is 0 Å². The summed E-state index contributed by atoms with van der Waals surface area (Å²) in [7, 11) is 0. The number of anilines is 1. The van der Waals surface area contributed by atoms with E-state index in [2.05, 4.69) is 5.32 Å². The lowest BCUT2D eigenvalue weighted by molar-refractivity contribution is -0.136. The van der Waals surface area contributed by atoms with Gasteiger partial charge in [-0.1, -0.05) is 18.2 Å². The van der Waals surface area contributed by atoms with Gasteiger partial charge in [0.25, 0.3) is 0 Å². The molecule has 0 atom stereocenters. The van der Waals surface area contributed by atoms with E-state index in [4.69, 9.17) is 9.84 Å². The molecule has 5 heteroatoms. The predicted octanol–water partition coefficient (Wildman–Crippen LogP) is 2.27. The molecule has 0 saturated heterocycles. The molecule has 1 rings (SSSR count). The number of hydrogen-bond donors (Lipinski definition) is 2. The number of rotatable bonds is 5. The fraction of sp³-hybridized carbons (Fsp3) is 0.333. The van der Waals surface area contributed by atoms with Gasteiger partial charge in [0.05, 0.1) is 6.61 Å². The number of carbonyl (C=O) groups excluding carboxylic acids is 1. The van der Waals surface area contributed by atoms with Gasteiger partial charge in [0.2, 0.25) is 0 Å². The summed E-state index contributed by atoms with van der Waals surface area (Å²) in [5.74, 6) is -0.865. The Bertz CT molecular complexity index is 403. The lowest BCUT2D eigenvalue weighted by atomic mass is 10.1. The van der Waals surface area contributed by atoms with Gasteiger partial charge in [0.1, 0.15) is 0 Å². The minimum Gasteiger partial charge on any atom is -0.481 e. The van der Waals surface area contributed by atoms with E-state index in [1.54, 1.807) is 31.2 Å². The van der Waals surface area contributed by atoms with Crippen LogP contribution >= 0.6 is 0 Å². The first-order valence-corrected chi connectivity index (χ1v) is 5.37. The molecule has 0 unspecified atom stereocenters. The molecule has 0 aliphatic rings. The molecule has 0 heterocycles. The van der Waals surface area contributed by atoms with Crippen LogP contribution in [0.3, 0.4) is 0 Å². The van der Waals surface area contributed by atoms with E-state index in [1.807, 2.05) is 0 Å². The van der Waals surface area contributed by atoms with E-state index in [-0.39, 0.29) is 6.42 Å². The standard InChI is InChI=1S/C12H15NO4/c1-2-17-12(16)13-10-6-4-3-5-9(10)7-8-11(14)15/h3-6H,2,7-8H2,1H3,(H,13,16)(H,14,15). The Kier molecular flexibility index (Phi) is 5.00. The summed E-state index contributed by atoms with van der Waals surface area (Å²) in [6, 6.07) is 7.07. The second kappa shape index (κ2) is 6.52. The van der Waals surface area contributed by atoms with E-state index in [0.29, 0.717) is 18.7 Å². The third kappa shape index (κ3) is 4.55. The summed E-state index contributed by atoms with van der Waals surface area (Å²) in [6.07, 6.45) is -0.130. The number of ether oxygens (including phenoxy) is 1. The lowest BCUT2D eigenvalue weighted by Gasteiger charge is -2.09. The second-order valence-electron chi connectivity index (χ2n) is 3.40. The van der Waals surface area contributed by atoms with Gasteiger partial charge in [-0.05, 0) is 25.0 Å². The van der Waals surface area contributed by atoms with Gasteiger partial charge in [0, 0.05) is 12.1 Å². The maximum atomic E-state index is 11.3. The number of hydrogen-bond acceptors (Lipinski definition) is 3.